The summed E-state index contributed by atoms with van der Waals surface area (Å²) in [5, 5.41) is 0. The van der Waals surface area contributed by atoms with Gasteiger partial charge in [-0.3, -0.25) is 9.59 Å². The monoisotopic (exact) mass is 450 g/mol. The van der Waals surface area contributed by atoms with Gasteiger partial charge < -0.3 is 9.47 Å². The minimum Gasteiger partial charge on any atom is -0.459 e. The zero-order chi connectivity index (χ0) is 24.3. The molecule has 0 aromatic carbocycles. The molecule has 0 aliphatic rings. The van der Waals surface area contributed by atoms with E-state index in [4.69, 9.17) is 4.74 Å². The molecule has 0 heterocycles. The summed E-state index contributed by atoms with van der Waals surface area (Å²) in [6.45, 7) is 13.8. The van der Waals surface area contributed by atoms with Gasteiger partial charge in [-0.2, -0.15) is 26.3 Å². The van der Waals surface area contributed by atoms with E-state index in [0.717, 1.165) is 6.42 Å². The first-order chi connectivity index (χ1) is 13.0. The fourth-order valence-electron chi connectivity index (χ4n) is 2.66. The fraction of sp³-hybridized carbons (Fsp3) is 0.900. The molecule has 1 unspecified atom stereocenters. The lowest BCUT2D eigenvalue weighted by Gasteiger charge is -2.37. The second kappa shape index (κ2) is 9.34. The SMILES string of the molecule is CCC(C)(C)CC(C(=O)OC(C)(C)CC(=O)OC(C(F)(F)F)C(F)(F)F)C(C)(C)C. The average molecular weight is 450 g/mol. The van der Waals surface area contributed by atoms with E-state index in [0.29, 0.717) is 6.42 Å². The second-order valence-electron chi connectivity index (χ2n) is 9.95. The van der Waals surface area contributed by atoms with Crippen LogP contribution in [0.5, 0.6) is 0 Å². The number of esters is 2. The Morgan fingerprint density at radius 2 is 1.27 bits per heavy atom. The van der Waals surface area contributed by atoms with Gasteiger partial charge in [-0.15, -0.1) is 0 Å². The first kappa shape index (κ1) is 28.5. The smallest absolute Gasteiger partial charge is 0.434 e. The Morgan fingerprint density at radius 3 is 1.60 bits per heavy atom. The molecule has 4 nitrogen and oxygen atoms in total. The Hall–Kier alpha value is -1.48. The van der Waals surface area contributed by atoms with Crippen molar-refractivity contribution in [3.05, 3.63) is 0 Å². The van der Waals surface area contributed by atoms with Crippen LogP contribution in [-0.4, -0.2) is 36.0 Å². The van der Waals surface area contributed by atoms with Gasteiger partial charge >= 0.3 is 24.3 Å². The van der Waals surface area contributed by atoms with E-state index < -0.39 is 53.7 Å². The van der Waals surface area contributed by atoms with Crippen molar-refractivity contribution in [1.29, 1.82) is 0 Å². The number of carbonyl (C=O) groups excluding carboxylic acids is 2. The summed E-state index contributed by atoms with van der Waals surface area (Å²) in [6, 6.07) is 0. The molecule has 0 saturated heterocycles. The molecule has 0 amide bonds. The number of hydrogen-bond donors (Lipinski definition) is 0. The molecule has 178 valence electrons. The van der Waals surface area contributed by atoms with Crippen LogP contribution in [0.1, 0.15) is 74.7 Å². The third-order valence-electron chi connectivity index (χ3n) is 4.83. The minimum absolute atomic E-state index is 0.202. The summed E-state index contributed by atoms with van der Waals surface area (Å²) in [6.07, 6.45) is -15.6. The molecule has 0 aliphatic carbocycles. The molecule has 0 aromatic rings. The van der Waals surface area contributed by atoms with Crippen molar-refractivity contribution in [2.24, 2.45) is 16.7 Å². The Balaban J connectivity index is 5.36. The van der Waals surface area contributed by atoms with Gasteiger partial charge in [-0.05, 0) is 31.1 Å². The van der Waals surface area contributed by atoms with E-state index in [1.54, 1.807) is 0 Å². The van der Waals surface area contributed by atoms with Crippen LogP contribution in [0.2, 0.25) is 0 Å². The fourth-order valence-corrected chi connectivity index (χ4v) is 2.66. The van der Waals surface area contributed by atoms with Crippen molar-refractivity contribution < 1.29 is 45.4 Å². The van der Waals surface area contributed by atoms with Crippen LogP contribution in [0.15, 0.2) is 0 Å². The number of hydrogen-bond acceptors (Lipinski definition) is 4. The highest BCUT2D eigenvalue weighted by Crippen LogP contribution is 2.40. The lowest BCUT2D eigenvalue weighted by molar-refractivity contribution is -0.314. The molecule has 0 radical (unpaired) electrons. The van der Waals surface area contributed by atoms with Gasteiger partial charge in [0, 0.05) is 0 Å². The zero-order valence-electron chi connectivity index (χ0n) is 18.7. The largest absolute Gasteiger partial charge is 0.459 e. The lowest BCUT2D eigenvalue weighted by atomic mass is 9.70. The highest BCUT2D eigenvalue weighted by Gasteiger charge is 2.60. The van der Waals surface area contributed by atoms with Crippen molar-refractivity contribution in [3.8, 4) is 0 Å². The van der Waals surface area contributed by atoms with Crippen LogP contribution in [0, 0.1) is 16.7 Å². The van der Waals surface area contributed by atoms with Gasteiger partial charge in [-0.25, -0.2) is 0 Å². The lowest BCUT2D eigenvalue weighted by Crippen LogP contribution is -2.46. The molecule has 0 aromatic heterocycles. The number of ether oxygens (including phenoxy) is 2. The normalized spacial score (nSPS) is 15.2. The van der Waals surface area contributed by atoms with Crippen molar-refractivity contribution in [2.45, 2.75) is 98.7 Å². The quantitative estimate of drug-likeness (QED) is 0.325. The van der Waals surface area contributed by atoms with Gasteiger partial charge in [0.05, 0.1) is 12.3 Å². The molecule has 0 fully saturated rings. The van der Waals surface area contributed by atoms with Gasteiger partial charge in [0.15, 0.2) is 0 Å². The Kier molecular flexibility index (Phi) is 8.88. The maximum Gasteiger partial charge on any atom is 0.434 e. The van der Waals surface area contributed by atoms with Gasteiger partial charge in [-0.1, -0.05) is 48.0 Å². The number of alkyl halides is 6. The molecular formula is C20H32F6O4. The molecule has 0 bridgehead atoms. The van der Waals surface area contributed by atoms with Crippen molar-refractivity contribution in [2.75, 3.05) is 0 Å². The van der Waals surface area contributed by atoms with E-state index >= 15 is 0 Å². The van der Waals surface area contributed by atoms with Gasteiger partial charge in [0.25, 0.3) is 6.10 Å². The maximum atomic E-state index is 12.8. The van der Waals surface area contributed by atoms with Crippen LogP contribution < -0.4 is 0 Å². The molecule has 0 N–H and O–H groups in total. The predicted molar refractivity (Wildman–Crippen MR) is 98.4 cm³/mol. The van der Waals surface area contributed by atoms with Crippen LogP contribution >= 0.6 is 0 Å². The predicted octanol–water partition coefficient (Wildman–Crippen LogP) is 6.22. The van der Waals surface area contributed by atoms with Crippen LogP contribution in [0.4, 0.5) is 26.3 Å². The minimum atomic E-state index is -5.81. The summed E-state index contributed by atoms with van der Waals surface area (Å²) < 4.78 is 84.4. The number of carbonyl (C=O) groups is 2. The molecule has 0 saturated carbocycles. The summed E-state index contributed by atoms with van der Waals surface area (Å²) in [7, 11) is 0. The van der Waals surface area contributed by atoms with E-state index in [-0.39, 0.29) is 5.41 Å². The Bertz CT molecular complexity index is 586. The van der Waals surface area contributed by atoms with Gasteiger partial charge in [0.2, 0.25) is 0 Å². The molecular weight excluding hydrogens is 418 g/mol. The van der Waals surface area contributed by atoms with Crippen molar-refractivity contribution >= 4 is 11.9 Å². The van der Waals surface area contributed by atoms with Gasteiger partial charge in [0.1, 0.15) is 5.60 Å². The second-order valence-corrected chi connectivity index (χ2v) is 9.95. The van der Waals surface area contributed by atoms with E-state index in [2.05, 4.69) is 4.74 Å². The standard InChI is InChI=1S/C20H32F6O4/c1-9-17(5,6)10-12(16(2,3)4)14(28)30-18(7,8)11-13(27)29-15(19(21,22)23)20(24,25)26/h12,15H,9-11H2,1-8H3. The number of rotatable bonds is 8. The average Bonchev–Trinajstić information content (AvgIpc) is 2.46. The summed E-state index contributed by atoms with van der Waals surface area (Å²) in [5.41, 5.74) is -2.37. The van der Waals surface area contributed by atoms with E-state index in [9.17, 15) is 35.9 Å². The molecule has 0 aliphatic heterocycles. The Labute approximate surface area is 173 Å². The third kappa shape index (κ3) is 9.55. The summed E-state index contributed by atoms with van der Waals surface area (Å²) in [4.78, 5) is 24.6. The maximum absolute atomic E-state index is 12.8. The summed E-state index contributed by atoms with van der Waals surface area (Å²) in [5.74, 6) is -3.04. The topological polar surface area (TPSA) is 52.6 Å². The first-order valence-electron chi connectivity index (χ1n) is 9.57. The summed E-state index contributed by atoms with van der Waals surface area (Å²) >= 11 is 0. The molecule has 1 atom stereocenters. The Morgan fingerprint density at radius 1 is 0.833 bits per heavy atom. The van der Waals surface area contributed by atoms with Crippen LogP contribution in [-0.2, 0) is 19.1 Å². The van der Waals surface area contributed by atoms with Crippen molar-refractivity contribution in [3.63, 3.8) is 0 Å². The third-order valence-corrected chi connectivity index (χ3v) is 4.83. The highest BCUT2D eigenvalue weighted by atomic mass is 19.4. The molecule has 30 heavy (non-hydrogen) atoms. The van der Waals surface area contributed by atoms with E-state index in [1.807, 2.05) is 41.5 Å². The molecule has 0 rings (SSSR count). The first-order valence-corrected chi connectivity index (χ1v) is 9.57. The zero-order valence-corrected chi connectivity index (χ0v) is 18.7. The van der Waals surface area contributed by atoms with Crippen LogP contribution in [0.3, 0.4) is 0 Å². The highest BCUT2D eigenvalue weighted by molar-refractivity contribution is 5.75. The molecule has 0 spiro atoms. The number of halogens is 6. The van der Waals surface area contributed by atoms with E-state index in [1.165, 1.54) is 13.8 Å². The van der Waals surface area contributed by atoms with Crippen molar-refractivity contribution in [1.82, 2.24) is 0 Å². The molecule has 10 heteroatoms. The van der Waals surface area contributed by atoms with Crippen LogP contribution in [0.25, 0.3) is 0 Å².